The molecule has 2 rings (SSSR count). The molecule has 0 aliphatic rings. The summed E-state index contributed by atoms with van der Waals surface area (Å²) >= 11 is 1.37. The minimum absolute atomic E-state index is 0.401. The smallest absolute Gasteiger partial charge is 0.339 e. The van der Waals surface area contributed by atoms with Crippen molar-refractivity contribution in [2.75, 3.05) is 14.2 Å². The minimum Gasteiger partial charge on any atom is -0.497 e. The SMILES string of the molecule is COC(=O)c1ccccc1Sc1c(C)cc(OC)cc1C=O. The first-order chi connectivity index (χ1) is 10.6. The Morgan fingerprint density at radius 1 is 1.18 bits per heavy atom. The highest BCUT2D eigenvalue weighted by Crippen LogP contribution is 2.36. The second kappa shape index (κ2) is 7.13. The quantitative estimate of drug-likeness (QED) is 0.621. The van der Waals surface area contributed by atoms with Gasteiger partial charge in [-0.3, -0.25) is 4.79 Å². The largest absolute Gasteiger partial charge is 0.497 e. The topological polar surface area (TPSA) is 52.6 Å². The van der Waals surface area contributed by atoms with Gasteiger partial charge in [0.05, 0.1) is 19.8 Å². The van der Waals surface area contributed by atoms with Crippen LogP contribution in [0.2, 0.25) is 0 Å². The molecule has 0 aromatic heterocycles. The molecule has 0 bridgehead atoms. The van der Waals surface area contributed by atoms with E-state index in [1.54, 1.807) is 25.3 Å². The van der Waals surface area contributed by atoms with Gasteiger partial charge < -0.3 is 9.47 Å². The van der Waals surface area contributed by atoms with Crippen molar-refractivity contribution >= 4 is 24.0 Å². The molecule has 0 heterocycles. The van der Waals surface area contributed by atoms with E-state index in [0.29, 0.717) is 16.9 Å². The van der Waals surface area contributed by atoms with Gasteiger partial charge in [-0.1, -0.05) is 23.9 Å². The lowest BCUT2D eigenvalue weighted by Crippen LogP contribution is -2.03. The van der Waals surface area contributed by atoms with Gasteiger partial charge in [0.15, 0.2) is 6.29 Å². The average Bonchev–Trinajstić information content (AvgIpc) is 2.56. The van der Waals surface area contributed by atoms with Crippen LogP contribution >= 0.6 is 11.8 Å². The Kier molecular flexibility index (Phi) is 5.22. The number of aldehydes is 1. The molecule has 0 radical (unpaired) electrons. The highest BCUT2D eigenvalue weighted by Gasteiger charge is 2.15. The number of methoxy groups -OCH3 is 2. The van der Waals surface area contributed by atoms with Crippen LogP contribution in [-0.2, 0) is 4.74 Å². The summed E-state index contributed by atoms with van der Waals surface area (Å²) < 4.78 is 9.98. The Morgan fingerprint density at radius 2 is 1.91 bits per heavy atom. The fourth-order valence-electron chi connectivity index (χ4n) is 2.06. The van der Waals surface area contributed by atoms with Gasteiger partial charge in [-0.25, -0.2) is 4.79 Å². The van der Waals surface area contributed by atoms with Crippen molar-refractivity contribution < 1.29 is 19.1 Å². The molecule has 0 N–H and O–H groups in total. The Balaban J connectivity index is 2.48. The lowest BCUT2D eigenvalue weighted by molar-refractivity contribution is 0.0596. The number of aryl methyl sites for hydroxylation is 1. The van der Waals surface area contributed by atoms with Crippen molar-refractivity contribution in [3.63, 3.8) is 0 Å². The van der Waals surface area contributed by atoms with Crippen LogP contribution < -0.4 is 4.74 Å². The molecule has 0 spiro atoms. The van der Waals surface area contributed by atoms with E-state index >= 15 is 0 Å². The molecule has 0 atom stereocenters. The molecule has 114 valence electrons. The highest BCUT2D eigenvalue weighted by atomic mass is 32.2. The molecule has 0 fully saturated rings. The summed E-state index contributed by atoms with van der Waals surface area (Å²) in [6, 6.07) is 10.7. The van der Waals surface area contributed by atoms with Gasteiger partial charge in [0.1, 0.15) is 5.75 Å². The number of esters is 1. The van der Waals surface area contributed by atoms with Gasteiger partial charge in [0.25, 0.3) is 0 Å². The van der Waals surface area contributed by atoms with Crippen LogP contribution in [0.3, 0.4) is 0 Å². The summed E-state index contributed by atoms with van der Waals surface area (Å²) in [4.78, 5) is 24.7. The van der Waals surface area contributed by atoms with E-state index < -0.39 is 5.97 Å². The summed E-state index contributed by atoms with van der Waals surface area (Å²) in [6.45, 7) is 1.90. The maximum absolute atomic E-state index is 11.8. The fraction of sp³-hybridized carbons (Fsp3) is 0.176. The molecule has 22 heavy (non-hydrogen) atoms. The van der Waals surface area contributed by atoms with E-state index in [0.717, 1.165) is 21.6 Å². The standard InChI is InChI=1S/C17H16O4S/c1-11-8-13(20-2)9-12(10-18)16(11)22-15-7-5-4-6-14(15)17(19)21-3/h4-10H,1-3H3. The number of carbonyl (C=O) groups is 2. The zero-order valence-corrected chi connectivity index (χ0v) is 13.4. The minimum atomic E-state index is -0.401. The van der Waals surface area contributed by atoms with Gasteiger partial charge in [0, 0.05) is 15.4 Å². The highest BCUT2D eigenvalue weighted by molar-refractivity contribution is 7.99. The Morgan fingerprint density at radius 3 is 2.55 bits per heavy atom. The number of carbonyl (C=O) groups excluding carboxylic acids is 2. The summed E-state index contributed by atoms with van der Waals surface area (Å²) in [5.74, 6) is 0.229. The molecule has 0 saturated heterocycles. The van der Waals surface area contributed by atoms with Gasteiger partial charge in [-0.2, -0.15) is 0 Å². The third-order valence-corrected chi connectivity index (χ3v) is 4.48. The number of hydrogen-bond acceptors (Lipinski definition) is 5. The number of ether oxygens (including phenoxy) is 2. The molecule has 0 aliphatic heterocycles. The van der Waals surface area contributed by atoms with E-state index in [9.17, 15) is 9.59 Å². The normalized spacial score (nSPS) is 10.1. The Labute approximate surface area is 133 Å². The van der Waals surface area contributed by atoms with Crippen molar-refractivity contribution in [3.8, 4) is 5.75 Å². The summed E-state index contributed by atoms with van der Waals surface area (Å²) in [6.07, 6.45) is 0.790. The van der Waals surface area contributed by atoms with Gasteiger partial charge in [0.2, 0.25) is 0 Å². The molecule has 2 aromatic carbocycles. The van der Waals surface area contributed by atoms with E-state index in [2.05, 4.69) is 0 Å². The number of hydrogen-bond donors (Lipinski definition) is 0. The van der Waals surface area contributed by atoms with Crippen molar-refractivity contribution in [1.29, 1.82) is 0 Å². The fourth-order valence-corrected chi connectivity index (χ4v) is 3.13. The van der Waals surface area contributed by atoms with E-state index in [4.69, 9.17) is 9.47 Å². The van der Waals surface area contributed by atoms with Gasteiger partial charge in [-0.05, 0) is 36.8 Å². The predicted octanol–water partition coefficient (Wildman–Crippen LogP) is 3.75. The zero-order chi connectivity index (χ0) is 16.1. The molecule has 0 aliphatic carbocycles. The van der Waals surface area contributed by atoms with Crippen molar-refractivity contribution in [3.05, 3.63) is 53.1 Å². The third-order valence-electron chi connectivity index (χ3n) is 3.14. The van der Waals surface area contributed by atoms with Crippen molar-refractivity contribution in [1.82, 2.24) is 0 Å². The molecule has 5 heteroatoms. The van der Waals surface area contributed by atoms with Crippen LogP contribution in [0.4, 0.5) is 0 Å². The average molecular weight is 316 g/mol. The predicted molar refractivity (Wildman–Crippen MR) is 85.0 cm³/mol. The van der Waals surface area contributed by atoms with E-state index in [1.165, 1.54) is 18.9 Å². The summed E-state index contributed by atoms with van der Waals surface area (Å²) in [5.41, 5.74) is 1.91. The molecule has 0 unspecified atom stereocenters. The number of rotatable bonds is 5. The first kappa shape index (κ1) is 16.1. The molecule has 0 saturated carbocycles. The summed E-state index contributed by atoms with van der Waals surface area (Å²) in [7, 11) is 2.90. The molecular weight excluding hydrogens is 300 g/mol. The lowest BCUT2D eigenvalue weighted by atomic mass is 10.1. The maximum atomic E-state index is 11.8. The van der Waals surface area contributed by atoms with Gasteiger partial charge in [-0.15, -0.1) is 0 Å². The van der Waals surface area contributed by atoms with E-state index in [1.807, 2.05) is 25.1 Å². The van der Waals surface area contributed by atoms with Crippen LogP contribution in [0.25, 0.3) is 0 Å². The van der Waals surface area contributed by atoms with Crippen LogP contribution in [0.1, 0.15) is 26.3 Å². The second-order valence-electron chi connectivity index (χ2n) is 4.57. The first-order valence-electron chi connectivity index (χ1n) is 6.59. The van der Waals surface area contributed by atoms with Crippen molar-refractivity contribution in [2.45, 2.75) is 16.7 Å². The van der Waals surface area contributed by atoms with Crippen molar-refractivity contribution in [2.24, 2.45) is 0 Å². The second-order valence-corrected chi connectivity index (χ2v) is 5.62. The van der Waals surface area contributed by atoms with Crippen LogP contribution in [0, 0.1) is 6.92 Å². The lowest BCUT2D eigenvalue weighted by Gasteiger charge is -2.13. The van der Waals surface area contributed by atoms with Crippen LogP contribution in [-0.4, -0.2) is 26.5 Å². The Bertz CT molecular complexity index is 710. The number of benzene rings is 2. The first-order valence-corrected chi connectivity index (χ1v) is 7.41. The molecule has 2 aromatic rings. The zero-order valence-electron chi connectivity index (χ0n) is 12.6. The molecule has 4 nitrogen and oxygen atoms in total. The molecular formula is C17H16O4S. The van der Waals surface area contributed by atoms with Crippen LogP contribution in [0.5, 0.6) is 5.75 Å². The Hall–Kier alpha value is -2.27. The molecule has 0 amide bonds. The summed E-state index contributed by atoms with van der Waals surface area (Å²) in [5, 5.41) is 0. The monoisotopic (exact) mass is 316 g/mol. The maximum Gasteiger partial charge on any atom is 0.339 e. The van der Waals surface area contributed by atoms with Gasteiger partial charge >= 0.3 is 5.97 Å². The van der Waals surface area contributed by atoms with E-state index in [-0.39, 0.29) is 0 Å². The third kappa shape index (κ3) is 3.31. The van der Waals surface area contributed by atoms with Crippen LogP contribution in [0.15, 0.2) is 46.2 Å².